The zero-order valence-corrected chi connectivity index (χ0v) is 13.2. The number of aliphatic hydroxyl groups is 1. The number of rotatable bonds is 4. The van der Waals surface area contributed by atoms with Gasteiger partial charge in [-0.25, -0.2) is 9.78 Å². The normalized spacial score (nSPS) is 10.9. The molecule has 0 saturated heterocycles. The van der Waals surface area contributed by atoms with Gasteiger partial charge in [-0.1, -0.05) is 12.1 Å². The Morgan fingerprint density at radius 1 is 1.35 bits per heavy atom. The number of hydrogen-bond donors (Lipinski definition) is 1. The molecule has 0 atom stereocenters. The molecule has 118 valence electrons. The van der Waals surface area contributed by atoms with E-state index in [2.05, 4.69) is 4.98 Å². The topological polar surface area (TPSA) is 80.9 Å². The summed E-state index contributed by atoms with van der Waals surface area (Å²) in [7, 11) is 0. The first-order valence-electron chi connectivity index (χ1n) is 6.92. The summed E-state index contributed by atoms with van der Waals surface area (Å²) in [6.45, 7) is 1.69. The average Bonchev–Trinajstić information content (AvgIpc) is 2.94. The molecule has 1 N–H and O–H groups in total. The van der Waals surface area contributed by atoms with E-state index < -0.39 is 5.97 Å². The van der Waals surface area contributed by atoms with Crippen molar-refractivity contribution in [3.8, 4) is 0 Å². The molecule has 23 heavy (non-hydrogen) atoms. The van der Waals surface area contributed by atoms with Crippen molar-refractivity contribution < 1.29 is 14.6 Å². The Morgan fingerprint density at radius 3 is 2.78 bits per heavy atom. The second kappa shape index (κ2) is 6.31. The van der Waals surface area contributed by atoms with Gasteiger partial charge in [-0.2, -0.15) is 0 Å². The van der Waals surface area contributed by atoms with Gasteiger partial charge >= 0.3 is 5.97 Å². The molecule has 7 heteroatoms. The van der Waals surface area contributed by atoms with Crippen molar-refractivity contribution in [3.05, 3.63) is 68.6 Å². The number of carbonyl (C=O) groups is 1. The van der Waals surface area contributed by atoms with E-state index in [1.807, 2.05) is 12.3 Å². The van der Waals surface area contributed by atoms with Crippen LogP contribution in [0.5, 0.6) is 0 Å². The van der Waals surface area contributed by atoms with Gasteiger partial charge in [0.1, 0.15) is 6.61 Å². The Labute approximate surface area is 135 Å². The second-order valence-electron chi connectivity index (χ2n) is 5.01. The predicted molar refractivity (Wildman–Crippen MR) is 85.6 cm³/mol. The van der Waals surface area contributed by atoms with Gasteiger partial charge in [0, 0.05) is 17.1 Å². The first-order chi connectivity index (χ1) is 11.1. The molecule has 3 aromatic rings. The molecule has 0 amide bonds. The van der Waals surface area contributed by atoms with E-state index in [1.165, 1.54) is 21.8 Å². The maximum atomic E-state index is 12.0. The molecule has 2 aromatic heterocycles. The molecule has 0 aliphatic heterocycles. The zero-order chi connectivity index (χ0) is 16.4. The average molecular weight is 330 g/mol. The number of thiazole rings is 1. The van der Waals surface area contributed by atoms with Gasteiger partial charge < -0.3 is 9.84 Å². The Kier molecular flexibility index (Phi) is 4.22. The quantitative estimate of drug-likeness (QED) is 0.739. The maximum Gasteiger partial charge on any atom is 0.338 e. The molecule has 0 saturated carbocycles. The molecule has 3 rings (SSSR count). The summed E-state index contributed by atoms with van der Waals surface area (Å²) < 4.78 is 6.71. The standard InChI is InChI=1S/C16H14N2O4S/c1-10-9-23-16-17-13(6-14(20)18(10)16)8-22-15(21)12-4-2-11(7-19)3-5-12/h2-6,9,19H,7-8H2,1H3. The fourth-order valence-corrected chi connectivity index (χ4v) is 3.03. The van der Waals surface area contributed by atoms with Crippen LogP contribution in [0.3, 0.4) is 0 Å². The van der Waals surface area contributed by atoms with Gasteiger partial charge in [-0.15, -0.1) is 11.3 Å². The molecular weight excluding hydrogens is 316 g/mol. The summed E-state index contributed by atoms with van der Waals surface area (Å²) in [4.78, 5) is 28.9. The van der Waals surface area contributed by atoms with Gasteiger partial charge in [0.15, 0.2) is 4.96 Å². The summed E-state index contributed by atoms with van der Waals surface area (Å²) in [5, 5.41) is 10.8. The van der Waals surface area contributed by atoms with Crippen LogP contribution in [0, 0.1) is 6.92 Å². The first-order valence-corrected chi connectivity index (χ1v) is 7.80. The lowest BCUT2D eigenvalue weighted by Gasteiger charge is -2.05. The largest absolute Gasteiger partial charge is 0.456 e. The van der Waals surface area contributed by atoms with Gasteiger partial charge in [0.25, 0.3) is 5.56 Å². The fraction of sp³-hybridized carbons (Fsp3) is 0.188. The number of ether oxygens (including phenoxy) is 1. The fourth-order valence-electron chi connectivity index (χ4n) is 2.14. The molecule has 2 heterocycles. The number of carbonyl (C=O) groups excluding carboxylic acids is 1. The smallest absolute Gasteiger partial charge is 0.338 e. The lowest BCUT2D eigenvalue weighted by Crippen LogP contribution is -2.16. The number of nitrogens with zero attached hydrogens (tertiary/aromatic N) is 2. The Bertz CT molecular complexity index is 912. The van der Waals surface area contributed by atoms with Crippen molar-refractivity contribution >= 4 is 22.3 Å². The number of benzene rings is 1. The van der Waals surface area contributed by atoms with Crippen molar-refractivity contribution in [1.82, 2.24) is 9.38 Å². The van der Waals surface area contributed by atoms with Crippen LogP contribution < -0.4 is 5.56 Å². The Balaban J connectivity index is 1.74. The van der Waals surface area contributed by atoms with Crippen LogP contribution in [-0.4, -0.2) is 20.5 Å². The molecule has 0 bridgehead atoms. The van der Waals surface area contributed by atoms with E-state index in [-0.39, 0.29) is 18.8 Å². The van der Waals surface area contributed by atoms with E-state index in [0.717, 1.165) is 11.3 Å². The molecule has 1 aromatic carbocycles. The third-order valence-electron chi connectivity index (χ3n) is 3.35. The van der Waals surface area contributed by atoms with Crippen molar-refractivity contribution in [2.75, 3.05) is 0 Å². The van der Waals surface area contributed by atoms with Gasteiger partial charge in [0.05, 0.1) is 17.9 Å². The van der Waals surface area contributed by atoms with E-state index in [1.54, 1.807) is 24.3 Å². The number of aliphatic hydroxyl groups excluding tert-OH is 1. The summed E-state index contributed by atoms with van der Waals surface area (Å²) in [5.41, 5.74) is 2.15. The van der Waals surface area contributed by atoms with Gasteiger partial charge in [-0.05, 0) is 24.6 Å². The van der Waals surface area contributed by atoms with Crippen molar-refractivity contribution in [3.63, 3.8) is 0 Å². The lowest BCUT2D eigenvalue weighted by atomic mass is 10.1. The van der Waals surface area contributed by atoms with E-state index in [9.17, 15) is 9.59 Å². The highest BCUT2D eigenvalue weighted by molar-refractivity contribution is 7.15. The molecule has 6 nitrogen and oxygen atoms in total. The number of aryl methyl sites for hydroxylation is 1. The van der Waals surface area contributed by atoms with Crippen LogP contribution >= 0.6 is 11.3 Å². The molecule has 0 aliphatic rings. The highest BCUT2D eigenvalue weighted by Crippen LogP contribution is 2.12. The summed E-state index contributed by atoms with van der Waals surface area (Å²) in [6.07, 6.45) is 0. The van der Waals surface area contributed by atoms with Crippen LogP contribution in [0.15, 0.2) is 40.5 Å². The Hall–Kier alpha value is -2.51. The van der Waals surface area contributed by atoms with E-state index >= 15 is 0 Å². The highest BCUT2D eigenvalue weighted by Gasteiger charge is 2.10. The number of hydrogen-bond acceptors (Lipinski definition) is 6. The predicted octanol–water partition coefficient (Wildman–Crippen LogP) is 1.91. The Morgan fingerprint density at radius 2 is 2.09 bits per heavy atom. The van der Waals surface area contributed by atoms with Gasteiger partial charge in [-0.3, -0.25) is 9.20 Å². The monoisotopic (exact) mass is 330 g/mol. The first kappa shape index (κ1) is 15.4. The summed E-state index contributed by atoms with van der Waals surface area (Å²) in [6, 6.07) is 7.85. The molecule has 0 spiro atoms. The maximum absolute atomic E-state index is 12.0. The van der Waals surface area contributed by atoms with Crippen molar-refractivity contribution in [1.29, 1.82) is 0 Å². The zero-order valence-electron chi connectivity index (χ0n) is 12.4. The molecule has 0 aliphatic carbocycles. The van der Waals surface area contributed by atoms with E-state index in [4.69, 9.17) is 9.84 Å². The minimum Gasteiger partial charge on any atom is -0.456 e. The second-order valence-corrected chi connectivity index (χ2v) is 5.85. The van der Waals surface area contributed by atoms with Gasteiger partial charge in [0.2, 0.25) is 0 Å². The molecule has 0 radical (unpaired) electrons. The third kappa shape index (κ3) is 3.15. The van der Waals surface area contributed by atoms with Crippen LogP contribution in [0.2, 0.25) is 0 Å². The van der Waals surface area contributed by atoms with Crippen LogP contribution in [0.25, 0.3) is 4.96 Å². The lowest BCUT2D eigenvalue weighted by molar-refractivity contribution is 0.0467. The van der Waals surface area contributed by atoms with Crippen LogP contribution in [-0.2, 0) is 18.0 Å². The van der Waals surface area contributed by atoms with E-state index in [0.29, 0.717) is 16.2 Å². The number of esters is 1. The third-order valence-corrected chi connectivity index (χ3v) is 4.30. The summed E-state index contributed by atoms with van der Waals surface area (Å²) >= 11 is 1.36. The highest BCUT2D eigenvalue weighted by atomic mass is 32.1. The minimum absolute atomic E-state index is 0.0662. The molecular formula is C16H14N2O4S. The minimum atomic E-state index is -0.501. The van der Waals surface area contributed by atoms with Crippen LogP contribution in [0.4, 0.5) is 0 Å². The SMILES string of the molecule is Cc1csc2nc(COC(=O)c3ccc(CO)cc3)cc(=O)n12. The van der Waals surface area contributed by atoms with Crippen molar-refractivity contribution in [2.24, 2.45) is 0 Å². The molecule has 0 unspecified atom stereocenters. The number of aromatic nitrogens is 2. The van der Waals surface area contributed by atoms with Crippen LogP contribution in [0.1, 0.15) is 27.3 Å². The van der Waals surface area contributed by atoms with Crippen molar-refractivity contribution in [2.45, 2.75) is 20.1 Å². The summed E-state index contributed by atoms with van der Waals surface area (Å²) in [5.74, 6) is -0.501. The number of fused-ring (bicyclic) bond motifs is 1. The molecule has 0 fully saturated rings.